The standard InChI is InChI=1S/C29H35FN8O3/c1-20(2)26(39)36-12-3-13-37(15-14-36)27-33-25(34-28(35-27)38-16-18-41-19-17-38)21-4-8-23(9-5-21)31-29(40)32-24-10-6-22(30)7-11-24/h4-11,20H,3,12-19H2,1-2H3,(H2,31,32,40). The first-order valence-electron chi connectivity index (χ1n) is 13.9. The summed E-state index contributed by atoms with van der Waals surface area (Å²) in [5.41, 5.74) is 1.84. The topological polar surface area (TPSA) is 116 Å². The number of amides is 3. The Morgan fingerprint density at radius 3 is 1.98 bits per heavy atom. The van der Waals surface area contributed by atoms with E-state index < -0.39 is 6.03 Å². The summed E-state index contributed by atoms with van der Waals surface area (Å²) in [7, 11) is 0. The SMILES string of the molecule is CC(C)C(=O)N1CCCN(c2nc(-c3ccc(NC(=O)Nc4ccc(F)cc4)cc3)nc(N3CCOCC3)n2)CC1. The average molecular weight is 563 g/mol. The molecule has 2 aliphatic heterocycles. The molecular formula is C29H35FN8O3. The third-order valence-corrected chi connectivity index (χ3v) is 6.99. The first-order valence-corrected chi connectivity index (χ1v) is 13.9. The van der Waals surface area contributed by atoms with E-state index in [1.165, 1.54) is 24.3 Å². The van der Waals surface area contributed by atoms with Gasteiger partial charge in [-0.25, -0.2) is 9.18 Å². The second kappa shape index (κ2) is 12.9. The Bertz CT molecular complexity index is 1350. The van der Waals surface area contributed by atoms with Crippen LogP contribution >= 0.6 is 0 Å². The summed E-state index contributed by atoms with van der Waals surface area (Å²) in [6.45, 7) is 9.14. The number of rotatable bonds is 6. The van der Waals surface area contributed by atoms with Gasteiger partial charge in [-0.15, -0.1) is 0 Å². The fourth-order valence-electron chi connectivity index (χ4n) is 4.76. The van der Waals surface area contributed by atoms with Crippen LogP contribution in [0.15, 0.2) is 48.5 Å². The van der Waals surface area contributed by atoms with Gasteiger partial charge in [0.05, 0.1) is 13.2 Å². The zero-order valence-corrected chi connectivity index (χ0v) is 23.3. The average Bonchev–Trinajstić information content (AvgIpc) is 3.25. The molecule has 1 aromatic heterocycles. The fourth-order valence-corrected chi connectivity index (χ4v) is 4.76. The molecule has 0 aliphatic carbocycles. The zero-order chi connectivity index (χ0) is 28.8. The number of hydrogen-bond acceptors (Lipinski definition) is 8. The molecule has 12 heteroatoms. The largest absolute Gasteiger partial charge is 0.378 e. The molecule has 216 valence electrons. The molecule has 2 saturated heterocycles. The van der Waals surface area contributed by atoms with Crippen molar-refractivity contribution >= 4 is 35.2 Å². The Labute approximate surface area is 238 Å². The lowest BCUT2D eigenvalue weighted by atomic mass is 10.2. The predicted molar refractivity (Wildman–Crippen MR) is 156 cm³/mol. The normalized spacial score (nSPS) is 16.0. The lowest BCUT2D eigenvalue weighted by Crippen LogP contribution is -2.39. The molecule has 0 spiro atoms. The summed E-state index contributed by atoms with van der Waals surface area (Å²) >= 11 is 0. The van der Waals surface area contributed by atoms with Gasteiger partial charge in [0.1, 0.15) is 5.82 Å². The van der Waals surface area contributed by atoms with Crippen LogP contribution in [-0.2, 0) is 9.53 Å². The Morgan fingerprint density at radius 1 is 0.780 bits per heavy atom. The molecule has 0 bridgehead atoms. The van der Waals surface area contributed by atoms with Gasteiger partial charge in [-0.1, -0.05) is 13.8 Å². The third-order valence-electron chi connectivity index (χ3n) is 6.99. The fraction of sp³-hybridized carbons (Fsp3) is 0.414. The molecule has 41 heavy (non-hydrogen) atoms. The highest BCUT2D eigenvalue weighted by molar-refractivity contribution is 5.99. The van der Waals surface area contributed by atoms with Crippen molar-refractivity contribution in [1.82, 2.24) is 19.9 Å². The van der Waals surface area contributed by atoms with E-state index in [0.29, 0.717) is 75.0 Å². The Balaban J connectivity index is 1.34. The molecular weight excluding hydrogens is 527 g/mol. The molecule has 0 atom stereocenters. The third kappa shape index (κ3) is 7.26. The maximum Gasteiger partial charge on any atom is 0.323 e. The maximum atomic E-state index is 13.1. The summed E-state index contributed by atoms with van der Waals surface area (Å²) in [5, 5.41) is 5.46. The van der Waals surface area contributed by atoms with Crippen LogP contribution in [-0.4, -0.2) is 84.3 Å². The van der Waals surface area contributed by atoms with Gasteiger partial charge in [-0.2, -0.15) is 15.0 Å². The summed E-state index contributed by atoms with van der Waals surface area (Å²) in [5.74, 6) is 1.45. The number of morpholine rings is 1. The Morgan fingerprint density at radius 2 is 1.37 bits per heavy atom. The van der Waals surface area contributed by atoms with E-state index >= 15 is 0 Å². The van der Waals surface area contributed by atoms with Gasteiger partial charge in [-0.05, 0) is 55.0 Å². The lowest BCUT2D eigenvalue weighted by Gasteiger charge is -2.28. The minimum atomic E-state index is -0.437. The number of nitrogens with one attached hydrogen (secondary N) is 2. The van der Waals surface area contributed by atoms with Crippen LogP contribution in [0.1, 0.15) is 20.3 Å². The molecule has 3 aromatic rings. The van der Waals surface area contributed by atoms with Crippen molar-refractivity contribution < 1.29 is 18.7 Å². The van der Waals surface area contributed by atoms with Crippen LogP contribution in [0.25, 0.3) is 11.4 Å². The van der Waals surface area contributed by atoms with Crippen molar-refractivity contribution in [3.05, 3.63) is 54.3 Å². The molecule has 0 saturated carbocycles. The summed E-state index contributed by atoms with van der Waals surface area (Å²) in [6, 6.07) is 12.4. The van der Waals surface area contributed by atoms with Gasteiger partial charge >= 0.3 is 6.03 Å². The first kappa shape index (κ1) is 28.2. The van der Waals surface area contributed by atoms with Crippen molar-refractivity contribution in [2.75, 3.05) is 72.9 Å². The molecule has 5 rings (SSSR count). The van der Waals surface area contributed by atoms with E-state index in [4.69, 9.17) is 19.7 Å². The quantitative estimate of drug-likeness (QED) is 0.466. The van der Waals surface area contributed by atoms with Gasteiger partial charge in [0.15, 0.2) is 5.82 Å². The number of halogens is 1. The molecule has 0 radical (unpaired) electrons. The minimum Gasteiger partial charge on any atom is -0.378 e. The van der Waals surface area contributed by atoms with E-state index in [9.17, 15) is 14.0 Å². The summed E-state index contributed by atoms with van der Waals surface area (Å²) < 4.78 is 18.7. The Hall–Kier alpha value is -4.32. The Kier molecular flexibility index (Phi) is 8.88. The predicted octanol–water partition coefficient (Wildman–Crippen LogP) is 3.85. The molecule has 0 unspecified atom stereocenters. The maximum absolute atomic E-state index is 13.1. The highest BCUT2D eigenvalue weighted by Gasteiger charge is 2.24. The van der Waals surface area contributed by atoms with E-state index in [1.54, 1.807) is 12.1 Å². The smallest absolute Gasteiger partial charge is 0.323 e. The number of nitrogens with zero attached hydrogens (tertiary/aromatic N) is 6. The van der Waals surface area contributed by atoms with Crippen molar-refractivity contribution in [2.24, 2.45) is 5.92 Å². The minimum absolute atomic E-state index is 0.0373. The van der Waals surface area contributed by atoms with Gasteiger partial charge in [0, 0.05) is 62.1 Å². The van der Waals surface area contributed by atoms with Crippen LogP contribution in [0.3, 0.4) is 0 Å². The number of carbonyl (C=O) groups excluding carboxylic acids is 2. The van der Waals surface area contributed by atoms with Gasteiger partial charge < -0.3 is 30.1 Å². The van der Waals surface area contributed by atoms with Crippen LogP contribution in [0.4, 0.5) is 32.5 Å². The number of hydrogen-bond donors (Lipinski definition) is 2. The second-order valence-corrected chi connectivity index (χ2v) is 10.3. The molecule has 2 N–H and O–H groups in total. The molecule has 11 nitrogen and oxygen atoms in total. The van der Waals surface area contributed by atoms with E-state index in [0.717, 1.165) is 18.5 Å². The molecule has 2 fully saturated rings. The van der Waals surface area contributed by atoms with Crippen molar-refractivity contribution in [2.45, 2.75) is 20.3 Å². The number of aromatic nitrogens is 3. The number of benzene rings is 2. The molecule has 2 aliphatic rings. The number of urea groups is 1. The summed E-state index contributed by atoms with van der Waals surface area (Å²) in [4.78, 5) is 45.6. The van der Waals surface area contributed by atoms with E-state index in [1.807, 2.05) is 30.9 Å². The van der Waals surface area contributed by atoms with Crippen LogP contribution in [0.5, 0.6) is 0 Å². The van der Waals surface area contributed by atoms with E-state index in [2.05, 4.69) is 20.4 Å². The second-order valence-electron chi connectivity index (χ2n) is 10.3. The van der Waals surface area contributed by atoms with Crippen molar-refractivity contribution in [3.8, 4) is 11.4 Å². The van der Waals surface area contributed by atoms with E-state index in [-0.39, 0.29) is 17.6 Å². The van der Waals surface area contributed by atoms with Gasteiger partial charge in [0.25, 0.3) is 0 Å². The van der Waals surface area contributed by atoms with Crippen LogP contribution < -0.4 is 20.4 Å². The monoisotopic (exact) mass is 562 g/mol. The molecule has 3 heterocycles. The van der Waals surface area contributed by atoms with Gasteiger partial charge in [-0.3, -0.25) is 4.79 Å². The van der Waals surface area contributed by atoms with Crippen LogP contribution in [0, 0.1) is 11.7 Å². The van der Waals surface area contributed by atoms with Gasteiger partial charge in [0.2, 0.25) is 17.8 Å². The number of carbonyl (C=O) groups is 2. The molecule has 2 aromatic carbocycles. The first-order chi connectivity index (χ1) is 19.9. The lowest BCUT2D eigenvalue weighted by molar-refractivity contribution is -0.134. The van der Waals surface area contributed by atoms with Crippen molar-refractivity contribution in [1.29, 1.82) is 0 Å². The van der Waals surface area contributed by atoms with Crippen LogP contribution in [0.2, 0.25) is 0 Å². The highest BCUT2D eigenvalue weighted by Crippen LogP contribution is 2.24. The molecule has 3 amide bonds. The zero-order valence-electron chi connectivity index (χ0n) is 23.3. The summed E-state index contributed by atoms with van der Waals surface area (Å²) in [6.07, 6.45) is 0.826. The number of ether oxygens (including phenoxy) is 1. The highest BCUT2D eigenvalue weighted by atomic mass is 19.1. The van der Waals surface area contributed by atoms with Crippen molar-refractivity contribution in [3.63, 3.8) is 0 Å². The number of anilines is 4.